The van der Waals surface area contributed by atoms with Crippen molar-refractivity contribution in [2.75, 3.05) is 11.5 Å². The van der Waals surface area contributed by atoms with Gasteiger partial charge in [-0.15, -0.1) is 0 Å². The standard InChI is InChI=1S/C18H17NO4/c1-2-23-18(22)12-5-3-4-6-13(12)19-16(20)14-10-7-8-11(9-10)15(14)17(19)21/h3-8,10-11,14-15H,2,9H2,1H3. The van der Waals surface area contributed by atoms with Gasteiger partial charge >= 0.3 is 5.97 Å². The molecule has 0 spiro atoms. The molecule has 2 bridgehead atoms. The third-order valence-electron chi connectivity index (χ3n) is 5.11. The first-order chi connectivity index (χ1) is 11.1. The lowest BCUT2D eigenvalue weighted by Gasteiger charge is -2.19. The number of carbonyl (C=O) groups excluding carboxylic acids is 3. The molecule has 0 aromatic heterocycles. The number of ether oxygens (including phenoxy) is 1. The molecular weight excluding hydrogens is 294 g/mol. The molecule has 1 saturated carbocycles. The summed E-state index contributed by atoms with van der Waals surface area (Å²) in [7, 11) is 0. The first kappa shape index (κ1) is 14.2. The van der Waals surface area contributed by atoms with Crippen molar-refractivity contribution in [3.8, 4) is 0 Å². The Hall–Kier alpha value is -2.43. The Balaban J connectivity index is 1.74. The molecule has 1 saturated heterocycles. The number of imide groups is 1. The monoisotopic (exact) mass is 311 g/mol. The van der Waals surface area contributed by atoms with Gasteiger partial charge in [0.25, 0.3) is 0 Å². The van der Waals surface area contributed by atoms with Gasteiger partial charge in [-0.2, -0.15) is 0 Å². The number of nitrogens with zero attached hydrogens (tertiary/aromatic N) is 1. The predicted octanol–water partition coefficient (Wildman–Crippen LogP) is 2.17. The molecule has 0 N–H and O–H groups in total. The van der Waals surface area contributed by atoms with Crippen molar-refractivity contribution in [3.05, 3.63) is 42.0 Å². The summed E-state index contributed by atoms with van der Waals surface area (Å²) in [4.78, 5) is 39.0. The molecule has 1 aromatic carbocycles. The summed E-state index contributed by atoms with van der Waals surface area (Å²) in [5.41, 5.74) is 0.603. The van der Waals surface area contributed by atoms with Crippen LogP contribution in [0.15, 0.2) is 36.4 Å². The van der Waals surface area contributed by atoms with E-state index in [-0.39, 0.29) is 47.7 Å². The van der Waals surface area contributed by atoms with Crippen LogP contribution in [0.1, 0.15) is 23.7 Å². The molecule has 1 aromatic rings. The van der Waals surface area contributed by atoms with Crippen molar-refractivity contribution < 1.29 is 19.1 Å². The lowest BCUT2D eigenvalue weighted by Crippen LogP contribution is -2.34. The van der Waals surface area contributed by atoms with Gasteiger partial charge in [-0.1, -0.05) is 24.3 Å². The van der Waals surface area contributed by atoms with Crippen molar-refractivity contribution in [2.45, 2.75) is 13.3 Å². The van der Waals surface area contributed by atoms with Crippen LogP contribution < -0.4 is 4.90 Å². The maximum Gasteiger partial charge on any atom is 0.340 e. The number of carbonyl (C=O) groups is 3. The van der Waals surface area contributed by atoms with Gasteiger partial charge in [0.2, 0.25) is 11.8 Å². The van der Waals surface area contributed by atoms with Crippen LogP contribution in [0.2, 0.25) is 0 Å². The molecule has 2 fully saturated rings. The molecule has 118 valence electrons. The number of fused-ring (bicyclic) bond motifs is 5. The highest BCUT2D eigenvalue weighted by molar-refractivity contribution is 6.24. The predicted molar refractivity (Wildman–Crippen MR) is 82.6 cm³/mol. The van der Waals surface area contributed by atoms with Crippen LogP contribution in [-0.4, -0.2) is 24.4 Å². The van der Waals surface area contributed by atoms with E-state index in [1.54, 1.807) is 31.2 Å². The van der Waals surface area contributed by atoms with Crippen LogP contribution in [0.25, 0.3) is 0 Å². The second-order valence-electron chi connectivity index (χ2n) is 6.25. The Morgan fingerprint density at radius 2 is 1.74 bits per heavy atom. The van der Waals surface area contributed by atoms with Gasteiger partial charge in [0.1, 0.15) is 0 Å². The van der Waals surface area contributed by atoms with E-state index in [2.05, 4.69) is 12.2 Å². The smallest absolute Gasteiger partial charge is 0.340 e. The molecule has 0 radical (unpaired) electrons. The van der Waals surface area contributed by atoms with Gasteiger partial charge in [0.15, 0.2) is 0 Å². The first-order valence-corrected chi connectivity index (χ1v) is 7.95. The van der Waals surface area contributed by atoms with Crippen LogP contribution in [0.5, 0.6) is 0 Å². The van der Waals surface area contributed by atoms with E-state index in [9.17, 15) is 14.4 Å². The number of esters is 1. The van der Waals surface area contributed by atoms with Crippen LogP contribution in [0.4, 0.5) is 5.69 Å². The second kappa shape index (κ2) is 5.05. The normalized spacial score (nSPS) is 30.9. The quantitative estimate of drug-likeness (QED) is 0.487. The average Bonchev–Trinajstić information content (AvgIpc) is 3.22. The highest BCUT2D eigenvalue weighted by atomic mass is 16.5. The Morgan fingerprint density at radius 3 is 2.35 bits per heavy atom. The SMILES string of the molecule is CCOC(=O)c1ccccc1N1C(=O)C2C3C=CC(C3)C2C1=O. The Labute approximate surface area is 133 Å². The number of hydrogen-bond donors (Lipinski definition) is 0. The molecule has 23 heavy (non-hydrogen) atoms. The third kappa shape index (κ3) is 1.89. The number of amides is 2. The van der Waals surface area contributed by atoms with Crippen molar-refractivity contribution in [1.29, 1.82) is 0 Å². The molecule has 1 aliphatic heterocycles. The summed E-state index contributed by atoms with van der Waals surface area (Å²) in [6.07, 6.45) is 5.00. The number of benzene rings is 1. The molecule has 4 rings (SSSR count). The number of para-hydroxylation sites is 1. The largest absolute Gasteiger partial charge is 0.462 e. The number of hydrogen-bond acceptors (Lipinski definition) is 4. The zero-order valence-corrected chi connectivity index (χ0v) is 12.8. The fourth-order valence-electron chi connectivity index (χ4n) is 4.19. The van der Waals surface area contributed by atoms with Gasteiger partial charge in [-0.3, -0.25) is 9.59 Å². The summed E-state index contributed by atoms with van der Waals surface area (Å²) in [5.74, 6) is -1.12. The van der Waals surface area contributed by atoms with E-state index in [1.165, 1.54) is 4.90 Å². The third-order valence-corrected chi connectivity index (χ3v) is 5.11. The zero-order valence-electron chi connectivity index (χ0n) is 12.8. The molecule has 3 aliphatic rings. The van der Waals surface area contributed by atoms with E-state index >= 15 is 0 Å². The first-order valence-electron chi connectivity index (χ1n) is 7.95. The minimum Gasteiger partial charge on any atom is -0.462 e. The topological polar surface area (TPSA) is 63.7 Å². The van der Waals surface area contributed by atoms with Gasteiger partial charge in [0, 0.05) is 0 Å². The van der Waals surface area contributed by atoms with E-state index < -0.39 is 5.97 Å². The van der Waals surface area contributed by atoms with Crippen LogP contribution in [0.3, 0.4) is 0 Å². The molecule has 2 aliphatic carbocycles. The summed E-state index contributed by atoms with van der Waals surface area (Å²) in [5, 5.41) is 0. The van der Waals surface area contributed by atoms with E-state index in [4.69, 9.17) is 4.74 Å². The summed E-state index contributed by atoms with van der Waals surface area (Å²) in [6, 6.07) is 6.65. The molecule has 4 unspecified atom stereocenters. The Kier molecular flexibility index (Phi) is 3.11. The molecule has 2 amide bonds. The zero-order chi connectivity index (χ0) is 16.1. The lowest BCUT2D eigenvalue weighted by atomic mass is 9.85. The Bertz CT molecular complexity index is 708. The van der Waals surface area contributed by atoms with E-state index in [1.807, 2.05) is 0 Å². The highest BCUT2D eigenvalue weighted by Gasteiger charge is 2.59. The lowest BCUT2D eigenvalue weighted by molar-refractivity contribution is -0.123. The van der Waals surface area contributed by atoms with Crippen molar-refractivity contribution in [2.24, 2.45) is 23.7 Å². The van der Waals surface area contributed by atoms with Crippen molar-refractivity contribution >= 4 is 23.5 Å². The molecule has 5 nitrogen and oxygen atoms in total. The number of allylic oxidation sites excluding steroid dienone is 2. The molecule has 5 heteroatoms. The van der Waals surface area contributed by atoms with Gasteiger partial charge in [0.05, 0.1) is 29.7 Å². The second-order valence-corrected chi connectivity index (χ2v) is 6.25. The number of anilines is 1. The van der Waals surface area contributed by atoms with Crippen LogP contribution in [-0.2, 0) is 14.3 Å². The fourth-order valence-corrected chi connectivity index (χ4v) is 4.19. The summed E-state index contributed by atoms with van der Waals surface area (Å²) < 4.78 is 5.05. The molecular formula is C18H17NO4. The van der Waals surface area contributed by atoms with Gasteiger partial charge in [-0.25, -0.2) is 9.69 Å². The number of rotatable bonds is 3. The maximum absolute atomic E-state index is 12.8. The van der Waals surface area contributed by atoms with Gasteiger partial charge < -0.3 is 4.74 Å². The molecule has 4 atom stereocenters. The van der Waals surface area contributed by atoms with E-state index in [0.717, 1.165) is 6.42 Å². The van der Waals surface area contributed by atoms with Crippen LogP contribution >= 0.6 is 0 Å². The molecule has 1 heterocycles. The van der Waals surface area contributed by atoms with Gasteiger partial charge in [-0.05, 0) is 37.3 Å². The van der Waals surface area contributed by atoms with Crippen molar-refractivity contribution in [3.63, 3.8) is 0 Å². The van der Waals surface area contributed by atoms with Crippen molar-refractivity contribution in [1.82, 2.24) is 0 Å². The Morgan fingerprint density at radius 1 is 1.13 bits per heavy atom. The average molecular weight is 311 g/mol. The summed E-state index contributed by atoms with van der Waals surface area (Å²) >= 11 is 0. The van der Waals surface area contributed by atoms with Crippen LogP contribution in [0, 0.1) is 23.7 Å². The summed E-state index contributed by atoms with van der Waals surface area (Å²) in [6.45, 7) is 1.97. The minimum atomic E-state index is -0.512. The van der Waals surface area contributed by atoms with E-state index in [0.29, 0.717) is 5.69 Å². The fraction of sp³-hybridized carbons (Fsp3) is 0.389. The maximum atomic E-state index is 12.8. The minimum absolute atomic E-state index is 0.154. The highest BCUT2D eigenvalue weighted by Crippen LogP contribution is 2.53.